The van der Waals surface area contributed by atoms with Crippen molar-refractivity contribution in [1.29, 1.82) is 0 Å². The minimum Gasteiger partial charge on any atom is -0.444 e. The molecule has 0 atom stereocenters. The fraction of sp³-hybridized carbons (Fsp3) is 0.406. The summed E-state index contributed by atoms with van der Waals surface area (Å²) in [7, 11) is 0. The summed E-state index contributed by atoms with van der Waals surface area (Å²) in [5.74, 6) is -0.706. The first-order chi connectivity index (χ1) is 20.1. The van der Waals surface area contributed by atoms with Gasteiger partial charge in [-0.05, 0) is 87.7 Å². The van der Waals surface area contributed by atoms with Crippen LogP contribution in [-0.2, 0) is 4.74 Å². The molecule has 0 bridgehead atoms. The van der Waals surface area contributed by atoms with E-state index in [4.69, 9.17) is 4.74 Å². The lowest BCUT2D eigenvalue weighted by Crippen LogP contribution is -2.50. The molecule has 1 aromatic heterocycles. The Kier molecular flexibility index (Phi) is 13.8. The quantitative estimate of drug-likeness (QED) is 0.229. The van der Waals surface area contributed by atoms with Crippen LogP contribution in [0, 0.1) is 12.7 Å². The number of amides is 2. The third-order valence-electron chi connectivity index (χ3n) is 5.84. The average molecular weight is 598 g/mol. The number of nitrogens with one attached hydrogen (secondary N) is 2. The molecule has 0 aliphatic carbocycles. The molecule has 2 amide bonds. The summed E-state index contributed by atoms with van der Waals surface area (Å²) in [6, 6.07) is 15.8. The molecule has 4 rings (SSSR count). The van der Waals surface area contributed by atoms with E-state index in [1.54, 1.807) is 41.4 Å². The molecule has 42 heavy (non-hydrogen) atoms. The maximum Gasteiger partial charge on any atom is 0.410 e. The van der Waals surface area contributed by atoms with Crippen LogP contribution in [0.3, 0.4) is 0 Å². The lowest BCUT2D eigenvalue weighted by molar-refractivity contribution is 0.0240. The number of hydrazine groups is 1. The Morgan fingerprint density at radius 1 is 0.952 bits per heavy atom. The van der Waals surface area contributed by atoms with Crippen molar-refractivity contribution in [2.45, 2.75) is 65.9 Å². The van der Waals surface area contributed by atoms with E-state index in [-0.39, 0.29) is 17.8 Å². The minimum absolute atomic E-state index is 0.292. The van der Waals surface area contributed by atoms with Crippen molar-refractivity contribution in [3.05, 3.63) is 77.7 Å². The van der Waals surface area contributed by atoms with Crippen molar-refractivity contribution < 1.29 is 18.7 Å². The van der Waals surface area contributed by atoms with Gasteiger partial charge in [0.2, 0.25) is 0 Å². The largest absolute Gasteiger partial charge is 0.444 e. The van der Waals surface area contributed by atoms with Crippen LogP contribution in [-0.4, -0.2) is 53.7 Å². The summed E-state index contributed by atoms with van der Waals surface area (Å²) in [6.07, 6.45) is 1.46. The molecule has 0 unspecified atom stereocenters. The highest BCUT2D eigenvalue weighted by atomic mass is 32.2. The molecular formula is C32H44FN5O3S. The maximum atomic E-state index is 13.8. The standard InChI is InChI=1S/C28H32FN5O3S.2C2H6/c1-19-15-20(17-21(16-19)26(35)31-32-38-25-8-6-5-7-23(25)29)24-18-22(9-10-30-24)33-11-13-34(14-12-33)27(36)37-28(2,3)4;2*1-2/h5-10,15-18,32H,11-14H2,1-4H3,(H,31,35);2*1-2H3. The monoisotopic (exact) mass is 597 g/mol. The zero-order chi connectivity index (χ0) is 31.3. The molecule has 2 heterocycles. The fourth-order valence-corrected chi connectivity index (χ4v) is 4.60. The Labute approximate surface area is 254 Å². The molecule has 10 heteroatoms. The van der Waals surface area contributed by atoms with E-state index in [0.717, 1.165) is 34.5 Å². The van der Waals surface area contributed by atoms with E-state index in [2.05, 4.69) is 20.1 Å². The zero-order valence-corrected chi connectivity index (χ0v) is 26.8. The van der Waals surface area contributed by atoms with Gasteiger partial charge in [0, 0.05) is 49.2 Å². The number of pyridine rings is 1. The molecule has 8 nitrogen and oxygen atoms in total. The number of aromatic nitrogens is 1. The molecule has 2 aromatic carbocycles. The minimum atomic E-state index is -0.521. The highest BCUT2D eigenvalue weighted by Gasteiger charge is 2.26. The summed E-state index contributed by atoms with van der Waals surface area (Å²) in [6.45, 7) is 18.0. The van der Waals surface area contributed by atoms with Crippen molar-refractivity contribution in [2.75, 3.05) is 31.1 Å². The van der Waals surface area contributed by atoms with Gasteiger partial charge in [0.1, 0.15) is 11.4 Å². The second-order valence-corrected chi connectivity index (χ2v) is 10.9. The normalized spacial score (nSPS) is 12.8. The van der Waals surface area contributed by atoms with E-state index in [0.29, 0.717) is 36.6 Å². The van der Waals surface area contributed by atoms with Crippen LogP contribution in [0.4, 0.5) is 14.9 Å². The fourth-order valence-electron chi connectivity index (χ4n) is 4.04. The lowest BCUT2D eigenvalue weighted by Gasteiger charge is -2.36. The predicted molar refractivity (Wildman–Crippen MR) is 170 cm³/mol. The number of benzene rings is 2. The van der Waals surface area contributed by atoms with E-state index < -0.39 is 5.60 Å². The molecule has 0 radical (unpaired) electrons. The lowest BCUT2D eigenvalue weighted by atomic mass is 10.0. The third kappa shape index (κ3) is 10.3. The Morgan fingerprint density at radius 2 is 1.62 bits per heavy atom. The SMILES string of the molecule is CC.CC.Cc1cc(C(=O)NNSc2ccccc2F)cc(-c2cc(N3CCN(C(=O)OC(C)(C)C)CC3)ccn2)c1. The van der Waals surface area contributed by atoms with Crippen molar-refractivity contribution in [3.63, 3.8) is 0 Å². The Hall–Kier alpha value is -3.63. The second kappa shape index (κ2) is 16.7. The number of hydrogen-bond donors (Lipinski definition) is 2. The molecule has 1 aliphatic rings. The first kappa shape index (κ1) is 34.6. The summed E-state index contributed by atoms with van der Waals surface area (Å²) in [5, 5.41) is 0. The molecule has 1 saturated heterocycles. The smallest absolute Gasteiger partial charge is 0.410 e. The van der Waals surface area contributed by atoms with Gasteiger partial charge in [0.25, 0.3) is 5.91 Å². The average Bonchev–Trinajstić information content (AvgIpc) is 2.99. The highest BCUT2D eigenvalue weighted by Crippen LogP contribution is 2.26. The number of aryl methyl sites for hydroxylation is 1. The van der Waals surface area contributed by atoms with Crippen molar-refractivity contribution in [3.8, 4) is 11.3 Å². The number of rotatable bonds is 6. The number of anilines is 1. The topological polar surface area (TPSA) is 86.8 Å². The molecular weight excluding hydrogens is 553 g/mol. The van der Waals surface area contributed by atoms with Crippen molar-refractivity contribution in [2.24, 2.45) is 0 Å². The van der Waals surface area contributed by atoms with Gasteiger partial charge in [0.15, 0.2) is 0 Å². The summed E-state index contributed by atoms with van der Waals surface area (Å²) in [5.41, 5.74) is 6.00. The number of hydrogen-bond acceptors (Lipinski definition) is 7. The summed E-state index contributed by atoms with van der Waals surface area (Å²) in [4.78, 5) is 36.7. The van der Waals surface area contributed by atoms with E-state index >= 15 is 0 Å². The molecule has 2 N–H and O–H groups in total. The number of carbonyl (C=O) groups excluding carboxylic acids is 2. The molecule has 0 spiro atoms. The van der Waals surface area contributed by atoms with Crippen LogP contribution in [0.2, 0.25) is 0 Å². The van der Waals surface area contributed by atoms with Gasteiger partial charge in [-0.25, -0.2) is 9.18 Å². The molecule has 1 fully saturated rings. The number of piperazine rings is 1. The van der Waals surface area contributed by atoms with Gasteiger partial charge >= 0.3 is 6.09 Å². The second-order valence-electron chi connectivity index (χ2n) is 10.0. The van der Waals surface area contributed by atoms with Gasteiger partial charge in [-0.2, -0.15) is 4.83 Å². The van der Waals surface area contributed by atoms with Crippen LogP contribution in [0.5, 0.6) is 0 Å². The van der Waals surface area contributed by atoms with E-state index in [9.17, 15) is 14.0 Å². The van der Waals surface area contributed by atoms with Crippen LogP contribution < -0.4 is 15.2 Å². The van der Waals surface area contributed by atoms with Gasteiger partial charge in [-0.1, -0.05) is 39.8 Å². The summed E-state index contributed by atoms with van der Waals surface area (Å²) < 4.78 is 19.3. The van der Waals surface area contributed by atoms with Gasteiger partial charge in [-0.15, -0.1) is 0 Å². The van der Waals surface area contributed by atoms with Gasteiger partial charge in [0.05, 0.1) is 10.6 Å². The van der Waals surface area contributed by atoms with E-state index in [1.807, 2.05) is 73.6 Å². The molecule has 3 aromatic rings. The highest BCUT2D eigenvalue weighted by molar-refractivity contribution is 7.97. The van der Waals surface area contributed by atoms with E-state index in [1.165, 1.54) is 6.07 Å². The Morgan fingerprint density at radius 3 is 2.26 bits per heavy atom. The predicted octanol–water partition coefficient (Wildman–Crippen LogP) is 7.25. The van der Waals surface area contributed by atoms with Crippen LogP contribution in [0.25, 0.3) is 11.3 Å². The Balaban J connectivity index is 0.00000148. The maximum absolute atomic E-state index is 13.8. The molecule has 1 aliphatic heterocycles. The van der Waals surface area contributed by atoms with Crippen LogP contribution in [0.1, 0.15) is 64.4 Å². The zero-order valence-electron chi connectivity index (χ0n) is 26.0. The number of halogens is 1. The van der Waals surface area contributed by atoms with Crippen molar-refractivity contribution >= 4 is 29.6 Å². The molecule has 0 saturated carbocycles. The summed E-state index contributed by atoms with van der Waals surface area (Å²) >= 11 is 0.990. The molecule has 228 valence electrons. The first-order valence-electron chi connectivity index (χ1n) is 14.4. The number of nitrogens with zero attached hydrogens (tertiary/aromatic N) is 3. The first-order valence-corrected chi connectivity index (χ1v) is 15.2. The van der Waals surface area contributed by atoms with Gasteiger partial charge in [-0.3, -0.25) is 15.2 Å². The third-order valence-corrected chi connectivity index (χ3v) is 6.59. The number of ether oxygens (including phenoxy) is 1. The van der Waals surface area contributed by atoms with Crippen LogP contribution >= 0.6 is 11.9 Å². The van der Waals surface area contributed by atoms with Crippen LogP contribution in [0.15, 0.2) is 65.7 Å². The van der Waals surface area contributed by atoms with Crippen molar-refractivity contribution in [1.82, 2.24) is 20.1 Å². The number of carbonyl (C=O) groups is 2. The van der Waals surface area contributed by atoms with Gasteiger partial charge < -0.3 is 14.5 Å². The Bertz CT molecular complexity index is 1310.